The summed E-state index contributed by atoms with van der Waals surface area (Å²) in [7, 11) is -14.3. The molecule has 0 rings (SSSR count). The molecule has 0 amide bonds. The van der Waals surface area contributed by atoms with Crippen molar-refractivity contribution in [3.8, 4) is 0 Å². The molecule has 0 radical (unpaired) electrons. The molecule has 15 nitrogen and oxygen atoms in total. The molecule has 0 aromatic carbocycles. The molecule has 0 aromatic rings. The van der Waals surface area contributed by atoms with Gasteiger partial charge in [0.15, 0.2) is 0 Å². The number of phosphoric acid groups is 3. The monoisotopic (exact) mass is 694 g/mol. The second-order valence-corrected chi connectivity index (χ2v) is 15.1. The van der Waals surface area contributed by atoms with E-state index in [2.05, 4.69) is 4.52 Å². The molecule has 43 heavy (non-hydrogen) atoms. The van der Waals surface area contributed by atoms with Gasteiger partial charge in [-0.1, -0.05) is 20.8 Å². The average molecular weight is 695 g/mol. The van der Waals surface area contributed by atoms with Crippen LogP contribution in [-0.4, -0.2) is 74.4 Å². The van der Waals surface area contributed by atoms with Crippen molar-refractivity contribution in [1.82, 2.24) is 11.1 Å². The zero-order chi connectivity index (χ0) is 33.5. The summed E-state index contributed by atoms with van der Waals surface area (Å²) >= 11 is 0. The van der Waals surface area contributed by atoms with Crippen LogP contribution >= 0.6 is 23.5 Å². The van der Waals surface area contributed by atoms with E-state index in [0.29, 0.717) is 0 Å². The fourth-order valence-electron chi connectivity index (χ4n) is 4.37. The summed E-state index contributed by atoms with van der Waals surface area (Å²) in [4.78, 5) is 39.0. The van der Waals surface area contributed by atoms with E-state index >= 15 is 0 Å². The average Bonchev–Trinajstić information content (AvgIpc) is 2.92. The molecular formula is C23H51F2N2O13P3. The zero-order valence-corrected chi connectivity index (χ0v) is 28.4. The number of rotatable bonds is 26. The standard InChI is InChI=1S/C23H51F2N2O13P3/c1-7-22(6,39-43(34,35)38-17-21(15-28)13-19(5)27-25)10-11-36-42(32,33)40-23(8-2,9-3)14-20(12-18(4)26-24)16-37-41(29,30)31/h18-21,26-28H,7-17H2,1-6H3,(H,32,33)(H,34,35)(H2,29,30,31). The van der Waals surface area contributed by atoms with Crippen LogP contribution in [0.2, 0.25) is 0 Å². The minimum absolute atomic E-state index is 0.0181. The van der Waals surface area contributed by atoms with Gasteiger partial charge in [0.05, 0.1) is 31.0 Å². The molecule has 0 aliphatic rings. The van der Waals surface area contributed by atoms with Crippen molar-refractivity contribution in [2.24, 2.45) is 11.8 Å². The highest BCUT2D eigenvalue weighted by atomic mass is 31.2. The first-order chi connectivity index (χ1) is 19.7. The van der Waals surface area contributed by atoms with E-state index in [1.54, 1.807) is 26.3 Å². The van der Waals surface area contributed by atoms with Crippen molar-refractivity contribution in [2.75, 3.05) is 26.4 Å². The summed E-state index contributed by atoms with van der Waals surface area (Å²) in [6.45, 7) is 7.79. The van der Waals surface area contributed by atoms with Crippen LogP contribution in [0.5, 0.6) is 0 Å². The molecule has 0 aliphatic carbocycles. The smallest absolute Gasteiger partial charge is 0.396 e. The van der Waals surface area contributed by atoms with Crippen LogP contribution in [0.3, 0.4) is 0 Å². The fraction of sp³-hybridized carbons (Fsp3) is 1.00. The Kier molecular flexibility index (Phi) is 19.7. The van der Waals surface area contributed by atoms with Gasteiger partial charge in [0.25, 0.3) is 0 Å². The third kappa shape index (κ3) is 18.7. The maximum absolute atomic E-state index is 13.0. The van der Waals surface area contributed by atoms with E-state index in [-0.39, 0.29) is 51.6 Å². The van der Waals surface area contributed by atoms with Crippen LogP contribution in [0.15, 0.2) is 0 Å². The summed E-state index contributed by atoms with van der Waals surface area (Å²) in [6.07, 6.45) is 0.588. The maximum Gasteiger partial charge on any atom is 0.472 e. The Balaban J connectivity index is 5.40. The molecule has 20 heteroatoms. The highest BCUT2D eigenvalue weighted by Gasteiger charge is 2.41. The predicted molar refractivity (Wildman–Crippen MR) is 154 cm³/mol. The van der Waals surface area contributed by atoms with E-state index in [9.17, 15) is 37.6 Å². The maximum atomic E-state index is 13.0. The van der Waals surface area contributed by atoms with Crippen molar-refractivity contribution in [3.63, 3.8) is 0 Å². The Bertz CT molecular complexity index is 931. The van der Waals surface area contributed by atoms with E-state index in [0.717, 1.165) is 0 Å². The van der Waals surface area contributed by atoms with Gasteiger partial charge < -0.3 is 24.7 Å². The predicted octanol–water partition coefficient (Wildman–Crippen LogP) is 4.60. The lowest BCUT2D eigenvalue weighted by molar-refractivity contribution is -0.0213. The molecule has 7 N–H and O–H groups in total. The Morgan fingerprint density at radius 2 is 1.26 bits per heavy atom. The minimum Gasteiger partial charge on any atom is -0.396 e. The Morgan fingerprint density at radius 1 is 0.767 bits per heavy atom. The van der Waals surface area contributed by atoms with E-state index < -0.39 is 78.4 Å². The van der Waals surface area contributed by atoms with E-state index in [4.69, 9.17) is 27.9 Å². The van der Waals surface area contributed by atoms with Gasteiger partial charge in [-0.25, -0.2) is 13.7 Å². The van der Waals surface area contributed by atoms with Crippen molar-refractivity contribution >= 4 is 23.5 Å². The van der Waals surface area contributed by atoms with Crippen LogP contribution in [0, 0.1) is 11.8 Å². The summed E-state index contributed by atoms with van der Waals surface area (Å²) in [6, 6.07) is -1.33. The molecule has 260 valence electrons. The quantitative estimate of drug-likeness (QED) is 0.0486. The molecule has 0 spiro atoms. The van der Waals surface area contributed by atoms with Crippen LogP contribution in [0.4, 0.5) is 8.96 Å². The second-order valence-electron chi connectivity index (χ2n) is 11.1. The number of nitrogens with one attached hydrogen (secondary N) is 2. The van der Waals surface area contributed by atoms with Gasteiger partial charge in [0, 0.05) is 31.0 Å². The van der Waals surface area contributed by atoms with Gasteiger partial charge in [0.2, 0.25) is 0 Å². The lowest BCUT2D eigenvalue weighted by Crippen LogP contribution is -2.36. The third-order valence-electron chi connectivity index (χ3n) is 7.18. The SMILES string of the molecule is CCC(C)(CCOP(=O)(O)OC(CC)(CC)CC(COP(=O)(O)O)CC(C)NF)OP(=O)(O)OCC(CO)CC(C)NF. The molecule has 0 fully saturated rings. The number of aliphatic hydroxyl groups excluding tert-OH is 1. The van der Waals surface area contributed by atoms with Crippen LogP contribution < -0.4 is 11.1 Å². The Morgan fingerprint density at radius 3 is 1.70 bits per heavy atom. The van der Waals surface area contributed by atoms with Gasteiger partial charge in [-0.2, -0.15) is 11.1 Å². The number of halogens is 2. The van der Waals surface area contributed by atoms with Crippen LogP contribution in [0.1, 0.15) is 86.5 Å². The van der Waals surface area contributed by atoms with Crippen molar-refractivity contribution < 1.29 is 70.0 Å². The Labute approximate surface area is 252 Å². The van der Waals surface area contributed by atoms with Gasteiger partial charge in [0.1, 0.15) is 0 Å². The number of hydrogen-bond donors (Lipinski definition) is 7. The third-order valence-corrected chi connectivity index (χ3v) is 9.94. The summed E-state index contributed by atoms with van der Waals surface area (Å²) < 4.78 is 88.0. The number of aliphatic hydroxyl groups is 1. The lowest BCUT2D eigenvalue weighted by Gasteiger charge is -2.36. The van der Waals surface area contributed by atoms with Gasteiger partial charge in [-0.15, -0.1) is 8.96 Å². The van der Waals surface area contributed by atoms with E-state index in [1.165, 1.54) is 26.3 Å². The first-order valence-corrected chi connectivity index (χ1v) is 18.6. The molecular weight excluding hydrogens is 643 g/mol. The summed E-state index contributed by atoms with van der Waals surface area (Å²) in [5.74, 6) is -1.32. The topological polar surface area (TPSA) is 223 Å². The Hall–Kier alpha value is 0.0700. The highest BCUT2D eigenvalue weighted by Crippen LogP contribution is 2.53. The number of phosphoric ester groups is 3. The number of hydrogen-bond acceptors (Lipinski definition) is 11. The van der Waals surface area contributed by atoms with Crippen molar-refractivity contribution in [2.45, 2.75) is 110 Å². The lowest BCUT2D eigenvalue weighted by atomic mass is 9.84. The highest BCUT2D eigenvalue weighted by molar-refractivity contribution is 7.47. The van der Waals surface area contributed by atoms with Gasteiger partial charge in [-0.3, -0.25) is 22.6 Å². The van der Waals surface area contributed by atoms with Gasteiger partial charge in [-0.05, 0) is 65.2 Å². The molecule has 0 aliphatic heterocycles. The first-order valence-electron chi connectivity index (χ1n) is 14.1. The second kappa shape index (κ2) is 19.7. The molecule has 0 saturated heterocycles. The zero-order valence-electron chi connectivity index (χ0n) is 25.7. The van der Waals surface area contributed by atoms with Crippen LogP contribution in [0.25, 0.3) is 0 Å². The van der Waals surface area contributed by atoms with E-state index in [1.807, 2.05) is 0 Å². The molecule has 0 heterocycles. The normalized spacial score (nSPS) is 20.0. The molecule has 7 unspecified atom stereocenters. The molecule has 0 saturated carbocycles. The minimum atomic E-state index is -4.83. The largest absolute Gasteiger partial charge is 0.472 e. The van der Waals surface area contributed by atoms with Crippen molar-refractivity contribution in [3.05, 3.63) is 0 Å². The van der Waals surface area contributed by atoms with Crippen molar-refractivity contribution in [1.29, 1.82) is 0 Å². The van der Waals surface area contributed by atoms with Gasteiger partial charge >= 0.3 is 23.5 Å². The fourth-order valence-corrected chi connectivity index (χ4v) is 7.20. The molecule has 0 aromatic heterocycles. The molecule has 0 bridgehead atoms. The first kappa shape index (κ1) is 43.1. The summed E-state index contributed by atoms with van der Waals surface area (Å²) in [5, 5.41) is 9.44. The molecule has 7 atom stereocenters. The van der Waals surface area contributed by atoms with Crippen LogP contribution in [-0.2, 0) is 36.3 Å². The summed E-state index contributed by atoms with van der Waals surface area (Å²) in [5.41, 5.74) is 0.408.